The van der Waals surface area contributed by atoms with Crippen LogP contribution in [0.1, 0.15) is 37.3 Å². The molecule has 1 aliphatic carbocycles. The van der Waals surface area contributed by atoms with E-state index in [2.05, 4.69) is 9.97 Å². The third kappa shape index (κ3) is 4.82. The molecule has 31 heavy (non-hydrogen) atoms. The van der Waals surface area contributed by atoms with Crippen LogP contribution < -0.4 is 20.9 Å². The second-order valence-electron chi connectivity index (χ2n) is 7.87. The topological polar surface area (TPSA) is 117 Å². The first-order valence-electron chi connectivity index (χ1n) is 10.6. The van der Waals surface area contributed by atoms with Crippen LogP contribution in [0.4, 0.5) is 11.8 Å². The van der Waals surface area contributed by atoms with Crippen molar-refractivity contribution in [1.29, 1.82) is 0 Å². The quantitative estimate of drug-likeness (QED) is 0.500. The van der Waals surface area contributed by atoms with Crippen LogP contribution in [0.5, 0.6) is 17.2 Å². The molecule has 1 aliphatic rings. The van der Waals surface area contributed by atoms with Gasteiger partial charge in [-0.15, -0.1) is 0 Å². The largest absolute Gasteiger partial charge is 0.508 e. The van der Waals surface area contributed by atoms with Crippen molar-refractivity contribution in [3.63, 3.8) is 0 Å². The van der Waals surface area contributed by atoms with Crippen LogP contribution in [0.25, 0.3) is 11.1 Å². The van der Waals surface area contributed by atoms with E-state index in [4.69, 9.17) is 20.9 Å². The van der Waals surface area contributed by atoms with E-state index >= 15 is 0 Å². The van der Waals surface area contributed by atoms with Gasteiger partial charge in [-0.3, -0.25) is 0 Å². The van der Waals surface area contributed by atoms with Crippen molar-refractivity contribution < 1.29 is 14.6 Å². The van der Waals surface area contributed by atoms with Crippen molar-refractivity contribution in [2.75, 3.05) is 24.7 Å². The van der Waals surface area contributed by atoms with Gasteiger partial charge in [0.05, 0.1) is 13.2 Å². The molecule has 1 aromatic heterocycles. The van der Waals surface area contributed by atoms with Gasteiger partial charge in [-0.05, 0) is 49.4 Å². The van der Waals surface area contributed by atoms with Gasteiger partial charge < -0.3 is 26.0 Å². The minimum absolute atomic E-state index is 0.161. The van der Waals surface area contributed by atoms with E-state index in [0.29, 0.717) is 37.1 Å². The molecule has 0 amide bonds. The van der Waals surface area contributed by atoms with Crippen LogP contribution >= 0.6 is 0 Å². The fourth-order valence-electron chi connectivity index (χ4n) is 3.68. The maximum absolute atomic E-state index is 10.0. The Morgan fingerprint density at radius 1 is 1.03 bits per heavy atom. The number of hydrogen-bond donors (Lipinski definition) is 3. The summed E-state index contributed by atoms with van der Waals surface area (Å²) in [6.45, 7) is 3.14. The number of phenols is 1. The van der Waals surface area contributed by atoms with Crippen molar-refractivity contribution >= 4 is 11.8 Å². The maximum atomic E-state index is 10.0. The third-order valence-corrected chi connectivity index (χ3v) is 5.61. The zero-order valence-electron chi connectivity index (χ0n) is 17.7. The number of hydrogen-bond acceptors (Lipinski definition) is 7. The Hall–Kier alpha value is -3.48. The van der Waals surface area contributed by atoms with Gasteiger partial charge in [0.1, 0.15) is 23.1 Å². The number of aromatic hydroxyl groups is 1. The Morgan fingerprint density at radius 3 is 2.45 bits per heavy atom. The first-order valence-corrected chi connectivity index (χ1v) is 10.6. The smallest absolute Gasteiger partial charge is 0.221 e. The standard InChI is InChI=1S/C24H28N4O3/c1-2-30-21-11-16(10-17-13-27-24(26)28-23(17)25)6-8-19(21)20-9-7-18(29)12-22(20)31-14-15-4-3-5-15/h6-9,11-13,15,29H,2-5,10,14H2,1H3,(H4,25,26,27,28). The maximum Gasteiger partial charge on any atom is 0.221 e. The van der Waals surface area contributed by atoms with E-state index in [1.807, 2.05) is 31.2 Å². The Bertz CT molecular complexity index is 1070. The second-order valence-corrected chi connectivity index (χ2v) is 7.87. The van der Waals surface area contributed by atoms with E-state index in [-0.39, 0.29) is 11.7 Å². The monoisotopic (exact) mass is 420 g/mol. The molecule has 0 radical (unpaired) electrons. The highest BCUT2D eigenvalue weighted by molar-refractivity contribution is 5.77. The minimum Gasteiger partial charge on any atom is -0.508 e. The lowest BCUT2D eigenvalue weighted by molar-refractivity contribution is 0.181. The number of benzene rings is 2. The molecule has 7 nitrogen and oxygen atoms in total. The molecular formula is C24H28N4O3. The van der Waals surface area contributed by atoms with Gasteiger partial charge in [-0.1, -0.05) is 18.6 Å². The normalized spacial score (nSPS) is 13.6. The van der Waals surface area contributed by atoms with E-state index in [1.54, 1.807) is 18.3 Å². The van der Waals surface area contributed by atoms with Gasteiger partial charge in [0.25, 0.3) is 0 Å². The molecule has 7 heteroatoms. The van der Waals surface area contributed by atoms with Crippen LogP contribution in [0.3, 0.4) is 0 Å². The first kappa shape index (κ1) is 20.8. The molecule has 0 spiro atoms. The Balaban J connectivity index is 1.65. The van der Waals surface area contributed by atoms with Crippen LogP contribution in [0.2, 0.25) is 0 Å². The number of phenolic OH excluding ortho intramolecular Hbond substituents is 1. The summed E-state index contributed by atoms with van der Waals surface area (Å²) in [5, 5.41) is 10.0. The summed E-state index contributed by atoms with van der Waals surface area (Å²) in [6.07, 6.45) is 5.88. The molecule has 4 rings (SSSR count). The van der Waals surface area contributed by atoms with Crippen molar-refractivity contribution in [2.24, 2.45) is 5.92 Å². The van der Waals surface area contributed by atoms with Crippen molar-refractivity contribution in [2.45, 2.75) is 32.6 Å². The molecule has 1 fully saturated rings. The average molecular weight is 421 g/mol. The first-order chi connectivity index (χ1) is 15.0. The number of rotatable bonds is 8. The van der Waals surface area contributed by atoms with Crippen LogP contribution in [-0.2, 0) is 6.42 Å². The van der Waals surface area contributed by atoms with Crippen molar-refractivity contribution in [3.8, 4) is 28.4 Å². The molecule has 0 aliphatic heterocycles. The van der Waals surface area contributed by atoms with Gasteiger partial charge in [-0.2, -0.15) is 4.98 Å². The number of nitrogens with zero attached hydrogens (tertiary/aromatic N) is 2. The van der Waals surface area contributed by atoms with E-state index in [1.165, 1.54) is 19.3 Å². The molecule has 0 unspecified atom stereocenters. The summed E-state index contributed by atoms with van der Waals surface area (Å²) in [5.41, 5.74) is 15.2. The average Bonchev–Trinajstić information content (AvgIpc) is 2.70. The predicted molar refractivity (Wildman–Crippen MR) is 121 cm³/mol. The fourth-order valence-corrected chi connectivity index (χ4v) is 3.68. The number of nitrogen functional groups attached to an aromatic ring is 2. The molecule has 162 valence electrons. The molecule has 5 N–H and O–H groups in total. The Morgan fingerprint density at radius 2 is 1.77 bits per heavy atom. The summed E-state index contributed by atoms with van der Waals surface area (Å²) in [7, 11) is 0. The molecule has 0 atom stereocenters. The highest BCUT2D eigenvalue weighted by atomic mass is 16.5. The lowest BCUT2D eigenvalue weighted by Gasteiger charge is -2.26. The van der Waals surface area contributed by atoms with Crippen LogP contribution in [0, 0.1) is 5.92 Å². The SMILES string of the molecule is CCOc1cc(Cc2cnc(N)nc2N)ccc1-c1ccc(O)cc1OCC1CCC1. The predicted octanol–water partition coefficient (Wildman–Crippen LogP) is 4.18. The molecular weight excluding hydrogens is 392 g/mol. The molecule has 0 saturated heterocycles. The number of nitrogens with two attached hydrogens (primary N) is 2. The highest BCUT2D eigenvalue weighted by Gasteiger charge is 2.20. The fraction of sp³-hybridized carbons (Fsp3) is 0.333. The van der Waals surface area contributed by atoms with Gasteiger partial charge in [0, 0.05) is 35.4 Å². The number of ether oxygens (including phenoxy) is 2. The number of aromatic nitrogens is 2. The van der Waals surface area contributed by atoms with E-state index in [0.717, 1.165) is 28.0 Å². The zero-order chi connectivity index (χ0) is 21.8. The lowest BCUT2D eigenvalue weighted by Crippen LogP contribution is -2.19. The Labute approximate surface area is 182 Å². The van der Waals surface area contributed by atoms with E-state index in [9.17, 15) is 5.11 Å². The highest BCUT2D eigenvalue weighted by Crippen LogP contribution is 2.40. The molecule has 1 saturated carbocycles. The molecule has 3 aromatic rings. The number of anilines is 2. The second kappa shape index (κ2) is 9.12. The molecule has 1 heterocycles. The van der Waals surface area contributed by atoms with Crippen LogP contribution in [0.15, 0.2) is 42.6 Å². The van der Waals surface area contributed by atoms with Crippen LogP contribution in [-0.4, -0.2) is 28.3 Å². The summed E-state index contributed by atoms with van der Waals surface area (Å²) in [4.78, 5) is 8.07. The van der Waals surface area contributed by atoms with Gasteiger partial charge in [0.15, 0.2) is 0 Å². The molecule has 0 bridgehead atoms. The van der Waals surface area contributed by atoms with Gasteiger partial charge in [-0.25, -0.2) is 4.98 Å². The van der Waals surface area contributed by atoms with Gasteiger partial charge in [0.2, 0.25) is 5.95 Å². The summed E-state index contributed by atoms with van der Waals surface area (Å²) in [5.74, 6) is 2.72. The minimum atomic E-state index is 0.161. The zero-order valence-corrected chi connectivity index (χ0v) is 17.7. The van der Waals surface area contributed by atoms with Gasteiger partial charge >= 0.3 is 0 Å². The summed E-state index contributed by atoms with van der Waals surface area (Å²) in [6, 6.07) is 11.2. The molecule has 2 aromatic carbocycles. The Kier molecular flexibility index (Phi) is 6.11. The third-order valence-electron chi connectivity index (χ3n) is 5.61. The van der Waals surface area contributed by atoms with Crippen molar-refractivity contribution in [1.82, 2.24) is 9.97 Å². The summed E-state index contributed by atoms with van der Waals surface area (Å²) >= 11 is 0. The summed E-state index contributed by atoms with van der Waals surface area (Å²) < 4.78 is 12.1. The van der Waals surface area contributed by atoms with Crippen molar-refractivity contribution in [3.05, 3.63) is 53.7 Å². The lowest BCUT2D eigenvalue weighted by atomic mass is 9.86. The van der Waals surface area contributed by atoms with E-state index < -0.39 is 0 Å².